The highest BCUT2D eigenvalue weighted by atomic mass is 16.2. The monoisotopic (exact) mass is 330 g/mol. The molecule has 0 saturated carbocycles. The number of nitrogens with zero attached hydrogens (tertiary/aromatic N) is 5. The van der Waals surface area contributed by atoms with Crippen molar-refractivity contribution in [2.45, 2.75) is 18.9 Å². The van der Waals surface area contributed by atoms with Crippen LogP contribution in [0.3, 0.4) is 0 Å². The van der Waals surface area contributed by atoms with Gasteiger partial charge >= 0.3 is 0 Å². The number of hydrogen-bond acceptors (Lipinski definition) is 5. The maximum absolute atomic E-state index is 12.1. The Bertz CT molecular complexity index is 796. The molecule has 1 aliphatic heterocycles. The van der Waals surface area contributed by atoms with Crippen molar-refractivity contribution in [3.63, 3.8) is 0 Å². The minimum absolute atomic E-state index is 0.119. The van der Waals surface area contributed by atoms with Crippen LogP contribution in [0.4, 0.5) is 5.82 Å². The average molecular weight is 330 g/mol. The molecule has 0 unspecified atom stereocenters. The van der Waals surface area contributed by atoms with Crippen molar-refractivity contribution < 1.29 is 4.79 Å². The second-order valence-electron chi connectivity index (χ2n) is 6.22. The van der Waals surface area contributed by atoms with Crippen molar-refractivity contribution in [3.8, 4) is 0 Å². The molecular formula is C16H22N6O2. The first-order valence-corrected chi connectivity index (χ1v) is 7.97. The second-order valence-corrected chi connectivity index (χ2v) is 6.22. The van der Waals surface area contributed by atoms with Gasteiger partial charge in [-0.2, -0.15) is 0 Å². The third-order valence-electron chi connectivity index (χ3n) is 4.66. The minimum Gasteiger partial charge on any atom is -0.365 e. The summed E-state index contributed by atoms with van der Waals surface area (Å²) in [6.07, 6.45) is 8.08. The SMILES string of the molecule is CN1C(=O)CC[C@H](CNc2nccn(C)c2=O)[C@H]1c1nccn1C. The molecule has 8 nitrogen and oxygen atoms in total. The molecule has 8 heteroatoms. The topological polar surface area (TPSA) is 85.1 Å². The normalized spacial score (nSPS) is 21.1. The van der Waals surface area contributed by atoms with Crippen LogP contribution in [0, 0.1) is 5.92 Å². The molecule has 0 bridgehead atoms. The van der Waals surface area contributed by atoms with Crippen molar-refractivity contribution in [1.29, 1.82) is 0 Å². The fourth-order valence-corrected chi connectivity index (χ4v) is 3.22. The molecule has 24 heavy (non-hydrogen) atoms. The van der Waals surface area contributed by atoms with E-state index in [0.29, 0.717) is 18.8 Å². The number of amides is 1. The van der Waals surface area contributed by atoms with Crippen molar-refractivity contribution in [3.05, 3.63) is 41.0 Å². The number of aromatic nitrogens is 4. The Labute approximate surface area is 140 Å². The van der Waals surface area contributed by atoms with Crippen LogP contribution in [-0.2, 0) is 18.9 Å². The summed E-state index contributed by atoms with van der Waals surface area (Å²) in [5.74, 6) is 1.46. The molecule has 1 amide bonds. The number of imidazole rings is 1. The van der Waals surface area contributed by atoms with E-state index >= 15 is 0 Å². The Kier molecular flexibility index (Phi) is 4.37. The van der Waals surface area contributed by atoms with Crippen molar-refractivity contribution in [2.24, 2.45) is 20.0 Å². The summed E-state index contributed by atoms with van der Waals surface area (Å²) in [4.78, 5) is 34.5. The number of carbonyl (C=O) groups excluding carboxylic acids is 1. The van der Waals surface area contributed by atoms with Gasteiger partial charge in [-0.15, -0.1) is 0 Å². The Hall–Kier alpha value is -2.64. The number of carbonyl (C=O) groups is 1. The molecule has 1 fully saturated rings. The molecule has 3 heterocycles. The number of rotatable bonds is 4. The number of anilines is 1. The van der Waals surface area contributed by atoms with E-state index in [2.05, 4.69) is 15.3 Å². The Morgan fingerprint density at radius 1 is 1.12 bits per heavy atom. The summed E-state index contributed by atoms with van der Waals surface area (Å²) in [5.41, 5.74) is -0.161. The van der Waals surface area contributed by atoms with E-state index < -0.39 is 0 Å². The Morgan fingerprint density at radius 3 is 2.54 bits per heavy atom. The van der Waals surface area contributed by atoms with Crippen LogP contribution in [0.1, 0.15) is 24.7 Å². The van der Waals surface area contributed by atoms with Gasteiger partial charge in [-0.05, 0) is 6.42 Å². The molecule has 1 aliphatic rings. The third-order valence-corrected chi connectivity index (χ3v) is 4.66. The van der Waals surface area contributed by atoms with Gasteiger partial charge in [0.25, 0.3) is 5.56 Å². The number of piperidine rings is 1. The van der Waals surface area contributed by atoms with Gasteiger partial charge in [0.1, 0.15) is 5.82 Å². The van der Waals surface area contributed by atoms with Gasteiger partial charge in [0.05, 0.1) is 6.04 Å². The molecule has 0 aliphatic carbocycles. The van der Waals surface area contributed by atoms with Gasteiger partial charge in [0.15, 0.2) is 5.82 Å². The van der Waals surface area contributed by atoms with E-state index in [4.69, 9.17) is 0 Å². The second kappa shape index (κ2) is 6.46. The molecule has 0 spiro atoms. The van der Waals surface area contributed by atoms with E-state index in [-0.39, 0.29) is 23.4 Å². The lowest BCUT2D eigenvalue weighted by Gasteiger charge is -2.38. The number of aryl methyl sites for hydroxylation is 2. The van der Waals surface area contributed by atoms with E-state index in [9.17, 15) is 9.59 Å². The predicted octanol–water partition coefficient (Wildman–Crippen LogP) is 0.535. The van der Waals surface area contributed by atoms with E-state index in [1.807, 2.05) is 24.9 Å². The zero-order valence-corrected chi connectivity index (χ0v) is 14.1. The summed E-state index contributed by atoms with van der Waals surface area (Å²) < 4.78 is 3.43. The molecule has 0 radical (unpaired) electrons. The lowest BCUT2D eigenvalue weighted by Crippen LogP contribution is -2.43. The smallest absolute Gasteiger partial charge is 0.293 e. The van der Waals surface area contributed by atoms with Crippen LogP contribution in [0.15, 0.2) is 29.6 Å². The molecule has 2 atom stereocenters. The highest BCUT2D eigenvalue weighted by Gasteiger charge is 2.36. The quantitative estimate of drug-likeness (QED) is 0.884. The maximum atomic E-state index is 12.1. The van der Waals surface area contributed by atoms with Crippen LogP contribution in [0.5, 0.6) is 0 Å². The van der Waals surface area contributed by atoms with Gasteiger partial charge in [-0.3, -0.25) is 9.59 Å². The summed E-state index contributed by atoms with van der Waals surface area (Å²) in [6, 6.07) is -0.119. The van der Waals surface area contributed by atoms with Gasteiger partial charge in [0.2, 0.25) is 5.91 Å². The van der Waals surface area contributed by atoms with Crippen molar-refractivity contribution in [2.75, 3.05) is 18.9 Å². The van der Waals surface area contributed by atoms with Gasteiger partial charge in [-0.25, -0.2) is 9.97 Å². The summed E-state index contributed by atoms with van der Waals surface area (Å²) in [7, 11) is 5.43. The molecule has 1 N–H and O–H groups in total. The van der Waals surface area contributed by atoms with Crippen LogP contribution in [0.2, 0.25) is 0 Å². The highest BCUT2D eigenvalue weighted by molar-refractivity contribution is 5.77. The predicted molar refractivity (Wildman–Crippen MR) is 89.4 cm³/mol. The fourth-order valence-electron chi connectivity index (χ4n) is 3.22. The number of nitrogens with one attached hydrogen (secondary N) is 1. The van der Waals surface area contributed by atoms with Crippen LogP contribution < -0.4 is 10.9 Å². The van der Waals surface area contributed by atoms with Crippen molar-refractivity contribution >= 4 is 11.7 Å². The standard InChI is InChI=1S/C16H22N6O2/c1-20-8-7-18-15(20)13-11(4-5-12(23)22(13)3)10-19-14-16(24)21(2)9-6-17-14/h6-9,11,13H,4-5,10H2,1-3H3,(H,17,19)/t11-,13+/m1/s1. The molecule has 3 rings (SSSR count). The van der Waals surface area contributed by atoms with Gasteiger partial charge < -0.3 is 19.4 Å². The van der Waals surface area contributed by atoms with E-state index in [1.165, 1.54) is 4.57 Å². The number of hydrogen-bond donors (Lipinski definition) is 1. The molecular weight excluding hydrogens is 308 g/mol. The van der Waals surface area contributed by atoms with Gasteiger partial charge in [-0.1, -0.05) is 0 Å². The van der Waals surface area contributed by atoms with Crippen LogP contribution in [-0.4, -0.2) is 43.5 Å². The van der Waals surface area contributed by atoms with Crippen LogP contribution in [0.25, 0.3) is 0 Å². The molecule has 2 aromatic heterocycles. The van der Waals surface area contributed by atoms with Crippen molar-refractivity contribution in [1.82, 2.24) is 24.0 Å². The first-order valence-electron chi connectivity index (χ1n) is 7.97. The van der Waals surface area contributed by atoms with Crippen LogP contribution >= 0.6 is 0 Å². The maximum Gasteiger partial charge on any atom is 0.293 e. The largest absolute Gasteiger partial charge is 0.365 e. The zero-order valence-electron chi connectivity index (χ0n) is 14.1. The van der Waals surface area contributed by atoms with E-state index in [1.54, 1.807) is 30.5 Å². The molecule has 1 saturated heterocycles. The fraction of sp³-hybridized carbons (Fsp3) is 0.500. The highest BCUT2D eigenvalue weighted by Crippen LogP contribution is 2.34. The number of likely N-dealkylation sites (tertiary alicyclic amines) is 1. The first-order chi connectivity index (χ1) is 11.5. The van der Waals surface area contributed by atoms with E-state index in [0.717, 1.165) is 12.2 Å². The lowest BCUT2D eigenvalue weighted by atomic mass is 9.88. The first kappa shape index (κ1) is 16.2. The average Bonchev–Trinajstić information content (AvgIpc) is 2.98. The summed E-state index contributed by atoms with van der Waals surface area (Å²) >= 11 is 0. The Balaban J connectivity index is 1.82. The minimum atomic E-state index is -0.161. The zero-order chi connectivity index (χ0) is 17.3. The molecule has 0 aromatic carbocycles. The molecule has 128 valence electrons. The molecule has 2 aromatic rings. The van der Waals surface area contributed by atoms with Gasteiger partial charge in [0, 0.05) is 64.8 Å². The summed E-state index contributed by atoms with van der Waals surface area (Å²) in [6.45, 7) is 0.557. The Morgan fingerprint density at radius 2 is 1.83 bits per heavy atom. The third kappa shape index (κ3) is 2.91. The lowest BCUT2D eigenvalue weighted by molar-refractivity contribution is -0.137. The summed E-state index contributed by atoms with van der Waals surface area (Å²) in [5, 5.41) is 3.15.